The van der Waals surface area contributed by atoms with Crippen LogP contribution in [0.1, 0.15) is 56.5 Å². The second-order valence-corrected chi connectivity index (χ2v) is 6.36. The minimum atomic E-state index is 0.209. The minimum absolute atomic E-state index is 0.209. The number of carbonyl (C=O) groups excluding carboxylic acids is 1. The molecule has 0 unspecified atom stereocenters. The van der Waals surface area contributed by atoms with Crippen molar-refractivity contribution in [2.24, 2.45) is 10.9 Å². The molecule has 1 fully saturated rings. The smallest absolute Gasteiger partial charge is 0.223 e. The zero-order valence-corrected chi connectivity index (χ0v) is 15.7. The number of amides is 1. The summed E-state index contributed by atoms with van der Waals surface area (Å²) in [4.78, 5) is 16.0. The van der Waals surface area contributed by atoms with Crippen LogP contribution < -0.4 is 16.0 Å². The van der Waals surface area contributed by atoms with E-state index in [1.54, 1.807) is 7.05 Å². The van der Waals surface area contributed by atoms with Gasteiger partial charge >= 0.3 is 0 Å². The predicted molar refractivity (Wildman–Crippen MR) is 98.4 cm³/mol. The van der Waals surface area contributed by atoms with Gasteiger partial charge in [0.15, 0.2) is 5.96 Å². The molecule has 0 spiro atoms. The predicted octanol–water partition coefficient (Wildman–Crippen LogP) is 1.77. The molecule has 7 heteroatoms. The fraction of sp³-hybridized carbons (Fsp3) is 0.722. The highest BCUT2D eigenvalue weighted by atomic mass is 16.5. The van der Waals surface area contributed by atoms with Crippen LogP contribution in [0, 0.1) is 5.92 Å². The Bertz CT molecular complexity index is 557. The Kier molecular flexibility index (Phi) is 7.76. The van der Waals surface area contributed by atoms with E-state index in [1.165, 1.54) is 6.42 Å². The van der Waals surface area contributed by atoms with E-state index >= 15 is 0 Å². The van der Waals surface area contributed by atoms with Gasteiger partial charge in [0.1, 0.15) is 5.76 Å². The quantitative estimate of drug-likeness (QED) is 0.359. The van der Waals surface area contributed by atoms with E-state index in [0.29, 0.717) is 13.1 Å². The van der Waals surface area contributed by atoms with E-state index in [0.717, 1.165) is 61.6 Å². The maximum absolute atomic E-state index is 11.8. The van der Waals surface area contributed by atoms with Crippen LogP contribution in [-0.4, -0.2) is 37.2 Å². The Labute approximate surface area is 150 Å². The molecule has 0 bridgehead atoms. The van der Waals surface area contributed by atoms with Crippen LogP contribution in [0.3, 0.4) is 0 Å². The first-order valence-corrected chi connectivity index (χ1v) is 9.38. The molecule has 0 saturated heterocycles. The number of aromatic nitrogens is 1. The SMILES string of the molecule is CCc1noc(CC)c1CNC(=NC)NCCCNC(=O)C1CCC1. The maximum Gasteiger partial charge on any atom is 0.223 e. The van der Waals surface area contributed by atoms with E-state index in [9.17, 15) is 4.79 Å². The summed E-state index contributed by atoms with van der Waals surface area (Å²) in [6.07, 6.45) is 5.83. The first-order valence-electron chi connectivity index (χ1n) is 9.38. The van der Waals surface area contributed by atoms with Gasteiger partial charge in [-0.15, -0.1) is 0 Å². The number of hydrogen-bond donors (Lipinski definition) is 3. The Balaban J connectivity index is 1.67. The van der Waals surface area contributed by atoms with Crippen molar-refractivity contribution in [2.75, 3.05) is 20.1 Å². The van der Waals surface area contributed by atoms with Crippen LogP contribution >= 0.6 is 0 Å². The van der Waals surface area contributed by atoms with Crippen LogP contribution in [0.5, 0.6) is 0 Å². The third kappa shape index (κ3) is 5.47. The fourth-order valence-corrected chi connectivity index (χ4v) is 2.85. The van der Waals surface area contributed by atoms with Crippen LogP contribution in [0.25, 0.3) is 0 Å². The third-order valence-corrected chi connectivity index (χ3v) is 4.68. The number of aliphatic imine (C=N–C) groups is 1. The van der Waals surface area contributed by atoms with Crippen LogP contribution in [0.2, 0.25) is 0 Å². The van der Waals surface area contributed by atoms with E-state index < -0.39 is 0 Å². The van der Waals surface area contributed by atoms with Crippen molar-refractivity contribution in [1.82, 2.24) is 21.1 Å². The molecule has 1 saturated carbocycles. The van der Waals surface area contributed by atoms with Crippen LogP contribution in [0.4, 0.5) is 0 Å². The number of carbonyl (C=O) groups is 1. The van der Waals surface area contributed by atoms with Crippen molar-refractivity contribution in [3.63, 3.8) is 0 Å². The van der Waals surface area contributed by atoms with Gasteiger partial charge in [0.25, 0.3) is 0 Å². The number of aryl methyl sites for hydroxylation is 2. The summed E-state index contributed by atoms with van der Waals surface area (Å²) in [5.74, 6) is 2.14. The van der Waals surface area contributed by atoms with Gasteiger partial charge in [-0.2, -0.15) is 0 Å². The molecule has 3 N–H and O–H groups in total. The zero-order chi connectivity index (χ0) is 18.1. The maximum atomic E-state index is 11.8. The summed E-state index contributed by atoms with van der Waals surface area (Å²) >= 11 is 0. The number of rotatable bonds is 9. The molecule has 1 aromatic rings. The van der Waals surface area contributed by atoms with Gasteiger partial charge in [0, 0.05) is 44.6 Å². The van der Waals surface area contributed by atoms with Crippen molar-refractivity contribution < 1.29 is 9.32 Å². The zero-order valence-electron chi connectivity index (χ0n) is 15.7. The van der Waals surface area contributed by atoms with Crippen molar-refractivity contribution >= 4 is 11.9 Å². The minimum Gasteiger partial charge on any atom is -0.361 e. The molecule has 25 heavy (non-hydrogen) atoms. The largest absolute Gasteiger partial charge is 0.361 e. The van der Waals surface area contributed by atoms with Crippen molar-refractivity contribution in [3.05, 3.63) is 17.0 Å². The van der Waals surface area contributed by atoms with E-state index in [2.05, 4.69) is 39.9 Å². The summed E-state index contributed by atoms with van der Waals surface area (Å²) in [7, 11) is 1.75. The van der Waals surface area contributed by atoms with E-state index in [-0.39, 0.29) is 11.8 Å². The van der Waals surface area contributed by atoms with Gasteiger partial charge in [-0.1, -0.05) is 25.4 Å². The molecule has 1 heterocycles. The van der Waals surface area contributed by atoms with Crippen LogP contribution in [-0.2, 0) is 24.2 Å². The third-order valence-electron chi connectivity index (χ3n) is 4.68. The highest BCUT2D eigenvalue weighted by molar-refractivity contribution is 5.80. The molecule has 2 rings (SSSR count). The second kappa shape index (κ2) is 10.1. The normalized spacial score (nSPS) is 14.9. The lowest BCUT2D eigenvalue weighted by Crippen LogP contribution is -2.39. The van der Waals surface area contributed by atoms with Crippen LogP contribution in [0.15, 0.2) is 9.52 Å². The summed E-state index contributed by atoms with van der Waals surface area (Å²) in [6, 6.07) is 0. The lowest BCUT2D eigenvalue weighted by Gasteiger charge is -2.24. The van der Waals surface area contributed by atoms with Gasteiger partial charge in [-0.05, 0) is 25.7 Å². The standard InChI is InChI=1S/C18H31N5O2/c1-4-15-14(16(5-2)25-23-15)12-22-18(19-3)21-11-7-10-20-17(24)13-8-6-9-13/h13H,4-12H2,1-3H3,(H,20,24)(H2,19,21,22). The first kappa shape index (κ1) is 19.3. The van der Waals surface area contributed by atoms with Gasteiger partial charge in [0.05, 0.1) is 5.69 Å². The molecular formula is C18H31N5O2. The molecule has 0 aliphatic heterocycles. The van der Waals surface area contributed by atoms with E-state index in [1.807, 2.05) is 0 Å². The summed E-state index contributed by atoms with van der Waals surface area (Å²) in [5.41, 5.74) is 2.12. The summed E-state index contributed by atoms with van der Waals surface area (Å²) in [5, 5.41) is 13.7. The molecule has 0 aromatic carbocycles. The Morgan fingerprint density at radius 1 is 1.20 bits per heavy atom. The molecule has 1 aliphatic carbocycles. The monoisotopic (exact) mass is 349 g/mol. The van der Waals surface area contributed by atoms with Crippen molar-refractivity contribution in [1.29, 1.82) is 0 Å². The number of hydrogen-bond acceptors (Lipinski definition) is 4. The van der Waals surface area contributed by atoms with Crippen molar-refractivity contribution in [3.8, 4) is 0 Å². The first-order chi connectivity index (χ1) is 12.2. The summed E-state index contributed by atoms with van der Waals surface area (Å²) < 4.78 is 5.38. The molecule has 7 nitrogen and oxygen atoms in total. The van der Waals surface area contributed by atoms with Crippen molar-refractivity contribution in [2.45, 2.75) is 58.9 Å². The Morgan fingerprint density at radius 2 is 1.96 bits per heavy atom. The molecular weight excluding hydrogens is 318 g/mol. The fourth-order valence-electron chi connectivity index (χ4n) is 2.85. The highest BCUT2D eigenvalue weighted by Gasteiger charge is 2.24. The second-order valence-electron chi connectivity index (χ2n) is 6.36. The number of nitrogens with one attached hydrogen (secondary N) is 3. The molecule has 1 aliphatic rings. The Hall–Kier alpha value is -2.05. The lowest BCUT2D eigenvalue weighted by atomic mass is 9.85. The molecule has 0 atom stereocenters. The summed E-state index contributed by atoms with van der Waals surface area (Å²) in [6.45, 7) is 6.24. The number of guanidine groups is 1. The Morgan fingerprint density at radius 3 is 2.56 bits per heavy atom. The van der Waals surface area contributed by atoms with Gasteiger partial charge in [-0.3, -0.25) is 9.79 Å². The molecule has 0 radical (unpaired) electrons. The molecule has 140 valence electrons. The average molecular weight is 349 g/mol. The molecule has 1 aromatic heterocycles. The van der Waals surface area contributed by atoms with E-state index in [4.69, 9.17) is 4.52 Å². The highest BCUT2D eigenvalue weighted by Crippen LogP contribution is 2.26. The van der Waals surface area contributed by atoms with Gasteiger partial charge in [0.2, 0.25) is 5.91 Å². The number of nitrogens with zero attached hydrogens (tertiary/aromatic N) is 2. The van der Waals surface area contributed by atoms with Gasteiger partial charge < -0.3 is 20.5 Å². The average Bonchev–Trinajstić information content (AvgIpc) is 2.97. The lowest BCUT2D eigenvalue weighted by molar-refractivity contribution is -0.127. The molecule has 1 amide bonds. The van der Waals surface area contributed by atoms with Gasteiger partial charge in [-0.25, -0.2) is 0 Å². The topological polar surface area (TPSA) is 91.6 Å².